The van der Waals surface area contributed by atoms with Crippen LogP contribution in [0.3, 0.4) is 0 Å². The number of carbonyl (C=O) groups is 2. The predicted octanol–water partition coefficient (Wildman–Crippen LogP) is 4.61. The van der Waals surface area contributed by atoms with Crippen LogP contribution in [-0.2, 0) is 23.1 Å². The van der Waals surface area contributed by atoms with E-state index in [0.717, 1.165) is 27.9 Å². The molecule has 0 saturated heterocycles. The number of anilines is 2. The van der Waals surface area contributed by atoms with Gasteiger partial charge in [-0.05, 0) is 56.5 Å². The molecule has 2 aromatic carbocycles. The van der Waals surface area contributed by atoms with E-state index in [0.29, 0.717) is 21.7 Å². The molecule has 0 fully saturated rings. The number of aromatic nitrogens is 3. The molecule has 0 unspecified atom stereocenters. The summed E-state index contributed by atoms with van der Waals surface area (Å²) in [6.07, 6.45) is 0.0590. The number of hydrogen-bond acceptors (Lipinski definition) is 5. The van der Waals surface area contributed by atoms with E-state index >= 15 is 0 Å². The molecule has 0 spiro atoms. The number of nitrogens with zero attached hydrogens (tertiary/aromatic N) is 3. The third kappa shape index (κ3) is 5.89. The lowest BCUT2D eigenvalue weighted by atomic mass is 10.1. The molecular weight excluding hydrogens is 446 g/mol. The molecule has 1 heterocycles. The Bertz CT molecular complexity index is 1150. The lowest BCUT2D eigenvalue weighted by molar-refractivity contribution is -0.116. The quantitative estimate of drug-likeness (QED) is 0.491. The van der Waals surface area contributed by atoms with E-state index in [4.69, 9.17) is 11.6 Å². The van der Waals surface area contributed by atoms with E-state index < -0.39 is 0 Å². The molecule has 0 aliphatic heterocycles. The minimum absolute atomic E-state index is 0.0590. The molecule has 3 aromatic rings. The largest absolute Gasteiger partial charge is 0.326 e. The number of rotatable bonds is 7. The molecule has 3 rings (SSSR count). The number of carbonyl (C=O) groups excluding carboxylic acids is 2. The summed E-state index contributed by atoms with van der Waals surface area (Å²) in [5.41, 5.74) is 5.63. The number of halogens is 1. The summed E-state index contributed by atoms with van der Waals surface area (Å²) < 4.78 is 1.72. The fourth-order valence-electron chi connectivity index (χ4n) is 3.33. The lowest BCUT2D eigenvalue weighted by Crippen LogP contribution is -2.17. The van der Waals surface area contributed by atoms with Crippen molar-refractivity contribution in [1.82, 2.24) is 14.8 Å². The van der Waals surface area contributed by atoms with E-state index in [-0.39, 0.29) is 24.0 Å². The summed E-state index contributed by atoms with van der Waals surface area (Å²) in [7, 11) is 1.78. The number of aryl methyl sites for hydroxylation is 4. The fraction of sp³-hybridized carbons (Fsp3) is 0.304. The maximum atomic E-state index is 12.5. The maximum Gasteiger partial charge on any atom is 0.234 e. The first-order valence-electron chi connectivity index (χ1n) is 10.1. The van der Waals surface area contributed by atoms with Crippen LogP contribution in [0.4, 0.5) is 11.4 Å². The molecule has 2 amide bonds. The van der Waals surface area contributed by atoms with Gasteiger partial charge in [-0.1, -0.05) is 47.1 Å². The second-order valence-corrected chi connectivity index (χ2v) is 9.11. The molecule has 7 nitrogen and oxygen atoms in total. The summed E-state index contributed by atoms with van der Waals surface area (Å²) in [5.74, 6) is 0.352. The first-order chi connectivity index (χ1) is 15.1. The van der Waals surface area contributed by atoms with Gasteiger partial charge < -0.3 is 15.2 Å². The Balaban J connectivity index is 1.57. The Kier molecular flexibility index (Phi) is 7.58. The Morgan fingerprint density at radius 3 is 2.31 bits per heavy atom. The van der Waals surface area contributed by atoms with Gasteiger partial charge in [0, 0.05) is 23.4 Å². The van der Waals surface area contributed by atoms with Crippen molar-refractivity contribution >= 4 is 46.6 Å². The Morgan fingerprint density at radius 2 is 1.66 bits per heavy atom. The third-order valence-electron chi connectivity index (χ3n) is 4.97. The number of nitrogens with one attached hydrogen (secondary N) is 2. The molecule has 2 N–H and O–H groups in total. The summed E-state index contributed by atoms with van der Waals surface area (Å²) in [5, 5.41) is 15.2. The summed E-state index contributed by atoms with van der Waals surface area (Å²) in [4.78, 5) is 24.9. The molecule has 1 aromatic heterocycles. The molecule has 0 radical (unpaired) electrons. The van der Waals surface area contributed by atoms with Gasteiger partial charge in [0.2, 0.25) is 11.8 Å². The van der Waals surface area contributed by atoms with Gasteiger partial charge in [0.15, 0.2) is 5.16 Å². The summed E-state index contributed by atoms with van der Waals surface area (Å²) in [6, 6.07) is 9.44. The van der Waals surface area contributed by atoms with Crippen molar-refractivity contribution in [3.05, 3.63) is 63.4 Å². The zero-order valence-electron chi connectivity index (χ0n) is 18.7. The van der Waals surface area contributed by atoms with Gasteiger partial charge in [0.25, 0.3) is 0 Å². The molecule has 0 bridgehead atoms. The second kappa shape index (κ2) is 10.2. The Labute approximate surface area is 197 Å². The van der Waals surface area contributed by atoms with Gasteiger partial charge in [-0.3, -0.25) is 9.59 Å². The van der Waals surface area contributed by atoms with Crippen molar-refractivity contribution in [2.45, 2.75) is 39.3 Å². The number of amides is 2. The van der Waals surface area contributed by atoms with Gasteiger partial charge in [0.05, 0.1) is 12.2 Å². The average Bonchev–Trinajstić information content (AvgIpc) is 3.05. The summed E-state index contributed by atoms with van der Waals surface area (Å²) in [6.45, 7) is 7.89. The van der Waals surface area contributed by atoms with E-state index in [1.54, 1.807) is 23.7 Å². The maximum absolute atomic E-state index is 12.5. The van der Waals surface area contributed by atoms with Gasteiger partial charge in [-0.2, -0.15) is 0 Å². The van der Waals surface area contributed by atoms with E-state index in [1.807, 2.05) is 45.9 Å². The molecular formula is C23H26ClN5O2S. The molecule has 0 saturated carbocycles. The molecule has 32 heavy (non-hydrogen) atoms. The standard InChI is InChI=1S/C23H26ClN5O2S/c1-13-8-15(3)22(16(4)9-13)26-21(31)12-32-23-28-27-19(29(23)5)11-20(30)25-17-7-6-14(2)18(24)10-17/h6-10H,11-12H2,1-5H3,(H,25,30)(H,26,31). The third-order valence-corrected chi connectivity index (χ3v) is 6.40. The van der Waals surface area contributed by atoms with Gasteiger partial charge in [-0.15, -0.1) is 10.2 Å². The van der Waals surface area contributed by atoms with Crippen molar-refractivity contribution in [2.75, 3.05) is 16.4 Å². The smallest absolute Gasteiger partial charge is 0.234 e. The SMILES string of the molecule is Cc1cc(C)c(NC(=O)CSc2nnc(CC(=O)Nc3ccc(C)c(Cl)c3)n2C)c(C)c1. The first-order valence-corrected chi connectivity index (χ1v) is 11.4. The van der Waals surface area contributed by atoms with E-state index in [9.17, 15) is 9.59 Å². The van der Waals surface area contributed by atoms with Crippen LogP contribution in [0.25, 0.3) is 0 Å². The highest BCUT2D eigenvalue weighted by molar-refractivity contribution is 7.99. The van der Waals surface area contributed by atoms with Crippen molar-refractivity contribution in [3.8, 4) is 0 Å². The average molecular weight is 472 g/mol. The van der Waals surface area contributed by atoms with Crippen LogP contribution in [0.2, 0.25) is 5.02 Å². The minimum atomic E-state index is -0.222. The van der Waals surface area contributed by atoms with Gasteiger partial charge in [0.1, 0.15) is 5.82 Å². The van der Waals surface area contributed by atoms with Crippen molar-refractivity contribution < 1.29 is 9.59 Å². The van der Waals surface area contributed by atoms with Crippen LogP contribution < -0.4 is 10.6 Å². The Hall–Kier alpha value is -2.84. The van der Waals surface area contributed by atoms with Crippen LogP contribution in [0.1, 0.15) is 28.1 Å². The van der Waals surface area contributed by atoms with E-state index in [2.05, 4.69) is 20.8 Å². The highest BCUT2D eigenvalue weighted by atomic mass is 35.5. The zero-order valence-corrected chi connectivity index (χ0v) is 20.3. The van der Waals surface area contributed by atoms with Crippen molar-refractivity contribution in [3.63, 3.8) is 0 Å². The molecule has 9 heteroatoms. The first kappa shape index (κ1) is 23.8. The van der Waals surface area contributed by atoms with Gasteiger partial charge >= 0.3 is 0 Å². The van der Waals surface area contributed by atoms with Crippen LogP contribution in [-0.4, -0.2) is 32.3 Å². The fourth-order valence-corrected chi connectivity index (χ4v) is 4.24. The molecule has 0 atom stereocenters. The number of hydrogen-bond donors (Lipinski definition) is 2. The highest BCUT2D eigenvalue weighted by Crippen LogP contribution is 2.23. The molecule has 0 aliphatic rings. The van der Waals surface area contributed by atoms with E-state index in [1.165, 1.54) is 11.8 Å². The Morgan fingerprint density at radius 1 is 0.969 bits per heavy atom. The van der Waals surface area contributed by atoms with Crippen molar-refractivity contribution in [2.24, 2.45) is 7.05 Å². The zero-order chi connectivity index (χ0) is 23.4. The number of benzene rings is 2. The highest BCUT2D eigenvalue weighted by Gasteiger charge is 2.16. The minimum Gasteiger partial charge on any atom is -0.326 e. The number of thioether (sulfide) groups is 1. The molecule has 168 valence electrons. The van der Waals surface area contributed by atoms with Crippen LogP contribution in [0.5, 0.6) is 0 Å². The van der Waals surface area contributed by atoms with Crippen LogP contribution in [0, 0.1) is 27.7 Å². The van der Waals surface area contributed by atoms with Crippen LogP contribution >= 0.6 is 23.4 Å². The van der Waals surface area contributed by atoms with Crippen molar-refractivity contribution in [1.29, 1.82) is 0 Å². The summed E-state index contributed by atoms with van der Waals surface area (Å²) >= 11 is 7.38. The second-order valence-electron chi connectivity index (χ2n) is 7.76. The molecule has 0 aliphatic carbocycles. The normalized spacial score (nSPS) is 10.8. The monoisotopic (exact) mass is 471 g/mol. The lowest BCUT2D eigenvalue weighted by Gasteiger charge is -2.12. The predicted molar refractivity (Wildman–Crippen MR) is 130 cm³/mol. The van der Waals surface area contributed by atoms with Gasteiger partial charge in [-0.25, -0.2) is 0 Å². The van der Waals surface area contributed by atoms with Crippen LogP contribution in [0.15, 0.2) is 35.5 Å². The topological polar surface area (TPSA) is 88.9 Å².